The van der Waals surface area contributed by atoms with Gasteiger partial charge in [0.2, 0.25) is 0 Å². The van der Waals surface area contributed by atoms with Gasteiger partial charge in [-0.2, -0.15) is 0 Å². The molecule has 2 aromatic carbocycles. The zero-order valence-corrected chi connectivity index (χ0v) is 10.5. The topological polar surface area (TPSA) is 12.0 Å². The Hall–Kier alpha value is -1.76. The van der Waals surface area contributed by atoms with Crippen molar-refractivity contribution in [3.8, 4) is 11.1 Å². The van der Waals surface area contributed by atoms with Crippen LogP contribution in [0.2, 0.25) is 0 Å². The lowest BCUT2D eigenvalue weighted by Gasteiger charge is -2.36. The molecule has 0 atom stereocenters. The highest BCUT2D eigenvalue weighted by Crippen LogP contribution is 2.43. The summed E-state index contributed by atoms with van der Waals surface area (Å²) in [5, 5.41) is 3.61. The van der Waals surface area contributed by atoms with Crippen molar-refractivity contribution in [2.24, 2.45) is 0 Å². The minimum absolute atomic E-state index is 0.00259. The molecule has 0 amide bonds. The molecule has 0 aliphatic carbocycles. The van der Waals surface area contributed by atoms with Crippen LogP contribution in [-0.2, 0) is 5.54 Å². The monoisotopic (exact) mass is 223 g/mol. The Labute approximate surface area is 102 Å². The van der Waals surface area contributed by atoms with Crippen molar-refractivity contribution in [2.45, 2.75) is 26.3 Å². The smallest absolute Gasteiger partial charge is 0.0575 e. The van der Waals surface area contributed by atoms with Gasteiger partial charge in [-0.25, -0.2) is 0 Å². The van der Waals surface area contributed by atoms with Crippen molar-refractivity contribution in [3.63, 3.8) is 0 Å². The average Bonchev–Trinajstić information content (AvgIpc) is 2.28. The second-order valence-corrected chi connectivity index (χ2v) is 5.34. The molecule has 86 valence electrons. The van der Waals surface area contributed by atoms with Crippen LogP contribution in [-0.4, -0.2) is 0 Å². The summed E-state index contributed by atoms with van der Waals surface area (Å²) in [7, 11) is 0. The minimum Gasteiger partial charge on any atom is -0.376 e. The fourth-order valence-electron chi connectivity index (χ4n) is 2.66. The maximum absolute atomic E-state index is 3.61. The summed E-state index contributed by atoms with van der Waals surface area (Å²) in [5.74, 6) is 0. The third-order valence-electron chi connectivity index (χ3n) is 3.51. The van der Waals surface area contributed by atoms with Crippen molar-refractivity contribution in [2.75, 3.05) is 5.32 Å². The van der Waals surface area contributed by atoms with Crippen molar-refractivity contribution >= 4 is 5.69 Å². The Morgan fingerprint density at radius 2 is 1.71 bits per heavy atom. The lowest BCUT2D eigenvalue weighted by molar-refractivity contribution is 0.606. The minimum atomic E-state index is -0.00259. The van der Waals surface area contributed by atoms with Gasteiger partial charge in [-0.15, -0.1) is 0 Å². The Morgan fingerprint density at radius 3 is 2.53 bits per heavy atom. The van der Waals surface area contributed by atoms with E-state index in [0.717, 1.165) is 0 Å². The number of nitrogens with one attached hydrogen (secondary N) is 1. The van der Waals surface area contributed by atoms with E-state index in [9.17, 15) is 0 Å². The van der Waals surface area contributed by atoms with E-state index in [4.69, 9.17) is 0 Å². The van der Waals surface area contributed by atoms with E-state index in [1.165, 1.54) is 27.9 Å². The lowest BCUT2D eigenvalue weighted by Crippen LogP contribution is -2.31. The molecule has 17 heavy (non-hydrogen) atoms. The molecule has 0 saturated heterocycles. The van der Waals surface area contributed by atoms with Crippen LogP contribution in [0.25, 0.3) is 11.1 Å². The van der Waals surface area contributed by atoms with Crippen LogP contribution in [0.1, 0.15) is 25.0 Å². The molecule has 0 bridgehead atoms. The average molecular weight is 223 g/mol. The van der Waals surface area contributed by atoms with E-state index >= 15 is 0 Å². The summed E-state index contributed by atoms with van der Waals surface area (Å²) in [4.78, 5) is 0. The maximum Gasteiger partial charge on any atom is 0.0575 e. The van der Waals surface area contributed by atoms with Crippen molar-refractivity contribution in [3.05, 3.63) is 53.6 Å². The number of fused-ring (bicyclic) bond motifs is 3. The van der Waals surface area contributed by atoms with E-state index in [-0.39, 0.29) is 5.54 Å². The summed E-state index contributed by atoms with van der Waals surface area (Å²) in [6, 6.07) is 15.3. The normalized spacial score (nSPS) is 15.7. The van der Waals surface area contributed by atoms with E-state index in [2.05, 4.69) is 68.6 Å². The Kier molecular flexibility index (Phi) is 2.06. The number of hydrogen-bond acceptors (Lipinski definition) is 1. The molecular formula is C16H17N. The summed E-state index contributed by atoms with van der Waals surface area (Å²) in [6.45, 7) is 6.62. The van der Waals surface area contributed by atoms with Gasteiger partial charge in [0, 0.05) is 11.3 Å². The van der Waals surface area contributed by atoms with Crippen LogP contribution in [0.5, 0.6) is 0 Å². The molecule has 0 aromatic heterocycles. The first-order chi connectivity index (χ1) is 8.08. The molecule has 0 fully saturated rings. The molecule has 0 unspecified atom stereocenters. The van der Waals surface area contributed by atoms with Gasteiger partial charge in [-0.3, -0.25) is 0 Å². The van der Waals surface area contributed by atoms with Gasteiger partial charge in [-0.1, -0.05) is 42.0 Å². The van der Waals surface area contributed by atoms with Gasteiger partial charge in [0.05, 0.1) is 5.54 Å². The van der Waals surface area contributed by atoms with Crippen LogP contribution >= 0.6 is 0 Å². The van der Waals surface area contributed by atoms with E-state index in [1.807, 2.05) is 0 Å². The number of benzene rings is 2. The Morgan fingerprint density at radius 1 is 0.941 bits per heavy atom. The SMILES string of the molecule is Cc1ccc2c(c1)-c1ccccc1NC2(C)C. The largest absolute Gasteiger partial charge is 0.376 e. The molecule has 1 heterocycles. The fourth-order valence-corrected chi connectivity index (χ4v) is 2.66. The standard InChI is InChI=1S/C16H17N/c1-11-8-9-14-13(10-11)12-6-4-5-7-15(12)17-16(14,2)3/h4-10,17H,1-3H3. The Balaban J connectivity index is 2.34. The highest BCUT2D eigenvalue weighted by Gasteiger charge is 2.29. The van der Waals surface area contributed by atoms with Gasteiger partial charge in [0.25, 0.3) is 0 Å². The second kappa shape index (κ2) is 3.36. The molecule has 1 N–H and O–H groups in total. The van der Waals surface area contributed by atoms with Gasteiger partial charge in [-0.05, 0) is 38.0 Å². The molecule has 2 aromatic rings. The molecule has 1 nitrogen and oxygen atoms in total. The lowest BCUT2D eigenvalue weighted by atomic mass is 9.82. The number of rotatable bonds is 0. The van der Waals surface area contributed by atoms with Gasteiger partial charge >= 0.3 is 0 Å². The number of aryl methyl sites for hydroxylation is 1. The first kappa shape index (κ1) is 10.4. The van der Waals surface area contributed by atoms with Gasteiger partial charge in [0.1, 0.15) is 0 Å². The first-order valence-electron chi connectivity index (χ1n) is 6.07. The summed E-state index contributed by atoms with van der Waals surface area (Å²) < 4.78 is 0. The van der Waals surface area contributed by atoms with Crippen molar-refractivity contribution in [1.29, 1.82) is 0 Å². The third kappa shape index (κ3) is 1.54. The molecule has 1 aliphatic rings. The van der Waals surface area contributed by atoms with Crippen molar-refractivity contribution < 1.29 is 0 Å². The van der Waals surface area contributed by atoms with Crippen LogP contribution in [0, 0.1) is 6.92 Å². The molecular weight excluding hydrogens is 206 g/mol. The second-order valence-electron chi connectivity index (χ2n) is 5.34. The summed E-state index contributed by atoms with van der Waals surface area (Å²) in [5.41, 5.74) is 6.60. The molecule has 0 radical (unpaired) electrons. The molecule has 1 aliphatic heterocycles. The van der Waals surface area contributed by atoms with Crippen LogP contribution in [0.4, 0.5) is 5.69 Å². The maximum atomic E-state index is 3.61. The van der Waals surface area contributed by atoms with Crippen LogP contribution in [0.15, 0.2) is 42.5 Å². The first-order valence-corrected chi connectivity index (χ1v) is 6.07. The van der Waals surface area contributed by atoms with E-state index < -0.39 is 0 Å². The van der Waals surface area contributed by atoms with Gasteiger partial charge < -0.3 is 5.32 Å². The molecule has 0 spiro atoms. The fraction of sp³-hybridized carbons (Fsp3) is 0.250. The van der Waals surface area contributed by atoms with Crippen molar-refractivity contribution in [1.82, 2.24) is 0 Å². The summed E-state index contributed by atoms with van der Waals surface area (Å²) in [6.07, 6.45) is 0. The predicted molar refractivity (Wildman–Crippen MR) is 73.3 cm³/mol. The van der Waals surface area contributed by atoms with E-state index in [1.54, 1.807) is 0 Å². The number of hydrogen-bond donors (Lipinski definition) is 1. The Bertz CT molecular complexity index is 582. The van der Waals surface area contributed by atoms with Gasteiger partial charge in [0.15, 0.2) is 0 Å². The zero-order valence-electron chi connectivity index (χ0n) is 10.5. The molecule has 0 saturated carbocycles. The summed E-state index contributed by atoms with van der Waals surface area (Å²) >= 11 is 0. The molecule has 3 rings (SSSR count). The number of anilines is 1. The quantitative estimate of drug-likeness (QED) is 0.701. The zero-order chi connectivity index (χ0) is 12.0. The predicted octanol–water partition coefficient (Wildman–Crippen LogP) is 4.32. The third-order valence-corrected chi connectivity index (χ3v) is 3.51. The number of para-hydroxylation sites is 1. The van der Waals surface area contributed by atoms with Crippen LogP contribution < -0.4 is 5.32 Å². The van der Waals surface area contributed by atoms with E-state index in [0.29, 0.717) is 0 Å². The highest BCUT2D eigenvalue weighted by atomic mass is 15.0. The van der Waals surface area contributed by atoms with Crippen LogP contribution in [0.3, 0.4) is 0 Å². The molecule has 1 heteroatoms. The highest BCUT2D eigenvalue weighted by molar-refractivity contribution is 5.84.